The third-order valence-electron chi connectivity index (χ3n) is 8.42. The predicted octanol–water partition coefficient (Wildman–Crippen LogP) is 6.53. The zero-order valence-electron chi connectivity index (χ0n) is 24.4. The van der Waals surface area contributed by atoms with Crippen molar-refractivity contribution in [1.29, 1.82) is 0 Å². The molecule has 3 aromatic rings. The molecule has 1 atom stereocenters. The number of carbonyl (C=O) groups is 1. The van der Waals surface area contributed by atoms with E-state index < -0.39 is 11.3 Å². The molecule has 13 heteroatoms. The zero-order valence-corrected chi connectivity index (χ0v) is 27.6. The van der Waals surface area contributed by atoms with E-state index in [1.165, 1.54) is 28.6 Å². The average molecular weight is 676 g/mol. The second kappa shape index (κ2) is 14.4. The summed E-state index contributed by atoms with van der Waals surface area (Å²) in [6, 6.07) is 9.11. The highest BCUT2D eigenvalue weighted by molar-refractivity contribution is 7.76. The van der Waals surface area contributed by atoms with E-state index in [4.69, 9.17) is 28.3 Å². The molecule has 2 aromatic heterocycles. The Morgan fingerprint density at radius 2 is 1.77 bits per heavy atom. The Bertz CT molecular complexity index is 1580. The Morgan fingerprint density at radius 3 is 2.48 bits per heavy atom. The molecule has 0 bridgehead atoms. The lowest BCUT2D eigenvalue weighted by Crippen LogP contribution is -2.46. The van der Waals surface area contributed by atoms with Crippen molar-refractivity contribution in [2.45, 2.75) is 64.3 Å². The van der Waals surface area contributed by atoms with Crippen LogP contribution in [-0.4, -0.2) is 65.1 Å². The van der Waals surface area contributed by atoms with Crippen LogP contribution in [0.25, 0.3) is 16.3 Å². The smallest absolute Gasteiger partial charge is 0.286 e. The van der Waals surface area contributed by atoms with E-state index in [1.807, 2.05) is 22.2 Å². The van der Waals surface area contributed by atoms with Crippen LogP contribution < -0.4 is 5.43 Å². The SMILES string of the molecule is O=C(NN1CCCCC1)c1nn(-c2ccc(Cl)cc2Cl)c(-c2ccc(C#CC3CCCC3)s2)c1CN(N1CCCC1)S(=O)O. The second-order valence-electron chi connectivity index (χ2n) is 11.5. The van der Waals surface area contributed by atoms with Gasteiger partial charge in [-0.25, -0.2) is 18.9 Å². The van der Waals surface area contributed by atoms with Gasteiger partial charge in [-0.05, 0) is 68.9 Å². The number of piperidine rings is 1. The van der Waals surface area contributed by atoms with Crippen molar-refractivity contribution in [2.24, 2.45) is 5.92 Å². The van der Waals surface area contributed by atoms with E-state index in [-0.39, 0.29) is 18.1 Å². The van der Waals surface area contributed by atoms with Gasteiger partial charge in [0.25, 0.3) is 5.91 Å². The fourth-order valence-electron chi connectivity index (χ4n) is 6.15. The molecule has 0 spiro atoms. The number of hydrazine groups is 2. The third-order valence-corrected chi connectivity index (χ3v) is 10.7. The molecule has 3 aliphatic rings. The molecular weight excluding hydrogens is 639 g/mol. The van der Waals surface area contributed by atoms with E-state index in [2.05, 4.69) is 17.3 Å². The number of amides is 1. The monoisotopic (exact) mass is 674 g/mol. The number of carbonyl (C=O) groups excluding carboxylic acids is 1. The van der Waals surface area contributed by atoms with Crippen LogP contribution in [0.1, 0.15) is 78.7 Å². The number of benzene rings is 1. The summed E-state index contributed by atoms with van der Waals surface area (Å²) in [5, 5.41) is 9.52. The van der Waals surface area contributed by atoms with Gasteiger partial charge in [0.15, 0.2) is 5.69 Å². The van der Waals surface area contributed by atoms with E-state index in [9.17, 15) is 13.6 Å². The van der Waals surface area contributed by atoms with Gasteiger partial charge in [-0.1, -0.05) is 54.3 Å². The van der Waals surface area contributed by atoms with Crippen molar-refractivity contribution >= 4 is 51.7 Å². The minimum absolute atomic E-state index is 0.00733. The maximum absolute atomic E-state index is 14.0. The van der Waals surface area contributed by atoms with Crippen LogP contribution in [0.2, 0.25) is 10.0 Å². The summed E-state index contributed by atoms with van der Waals surface area (Å²) >= 11 is 12.2. The van der Waals surface area contributed by atoms with Crippen LogP contribution in [0.5, 0.6) is 0 Å². The van der Waals surface area contributed by atoms with Crippen LogP contribution in [0.4, 0.5) is 0 Å². The van der Waals surface area contributed by atoms with Gasteiger partial charge in [0.05, 0.1) is 32.7 Å². The number of hydrogen-bond acceptors (Lipinski definition) is 6. The topological polar surface area (TPSA) is 93.9 Å². The number of rotatable bonds is 8. The van der Waals surface area contributed by atoms with Crippen LogP contribution in [0, 0.1) is 17.8 Å². The average Bonchev–Trinajstić information content (AvgIpc) is 3.82. The Kier molecular flexibility index (Phi) is 10.4. The fraction of sp³-hybridized carbons (Fsp3) is 0.484. The normalized spacial score (nSPS) is 18.9. The van der Waals surface area contributed by atoms with Gasteiger partial charge in [0.2, 0.25) is 11.3 Å². The van der Waals surface area contributed by atoms with Gasteiger partial charge >= 0.3 is 0 Å². The zero-order chi connectivity index (χ0) is 30.6. The van der Waals surface area contributed by atoms with Crippen LogP contribution in [-0.2, 0) is 17.8 Å². The van der Waals surface area contributed by atoms with Crippen molar-refractivity contribution in [1.82, 2.24) is 29.6 Å². The third kappa shape index (κ3) is 7.24. The summed E-state index contributed by atoms with van der Waals surface area (Å²) in [7, 11) is 0. The molecule has 1 unspecified atom stereocenters. The lowest BCUT2D eigenvalue weighted by molar-refractivity contribution is 0.0719. The number of halogens is 2. The van der Waals surface area contributed by atoms with Gasteiger partial charge in [-0.2, -0.15) is 5.10 Å². The van der Waals surface area contributed by atoms with Crippen molar-refractivity contribution in [3.63, 3.8) is 0 Å². The van der Waals surface area contributed by atoms with Gasteiger partial charge in [-0.15, -0.1) is 15.8 Å². The highest BCUT2D eigenvalue weighted by atomic mass is 35.5. The second-order valence-corrected chi connectivity index (χ2v) is 14.3. The lowest BCUT2D eigenvalue weighted by Gasteiger charge is -2.28. The van der Waals surface area contributed by atoms with Crippen LogP contribution in [0.15, 0.2) is 30.3 Å². The van der Waals surface area contributed by atoms with E-state index in [0.29, 0.717) is 46.0 Å². The Morgan fingerprint density at radius 1 is 1.05 bits per heavy atom. The highest BCUT2D eigenvalue weighted by Crippen LogP contribution is 2.38. The summed E-state index contributed by atoms with van der Waals surface area (Å²) in [5.74, 6) is 6.86. The van der Waals surface area contributed by atoms with Crippen molar-refractivity contribution < 1.29 is 13.6 Å². The quantitative estimate of drug-likeness (QED) is 0.209. The van der Waals surface area contributed by atoms with Gasteiger partial charge < -0.3 is 0 Å². The first kappa shape index (κ1) is 31.7. The Hall–Kier alpha value is -2.27. The molecule has 1 amide bonds. The predicted molar refractivity (Wildman–Crippen MR) is 176 cm³/mol. The van der Waals surface area contributed by atoms with E-state index in [1.54, 1.807) is 22.9 Å². The lowest BCUT2D eigenvalue weighted by atomic mass is 10.1. The Balaban J connectivity index is 1.48. The van der Waals surface area contributed by atoms with Gasteiger partial charge in [0, 0.05) is 42.7 Å². The molecule has 44 heavy (non-hydrogen) atoms. The molecule has 1 aliphatic carbocycles. The van der Waals surface area contributed by atoms with E-state index >= 15 is 0 Å². The number of thiophene rings is 1. The highest BCUT2D eigenvalue weighted by Gasteiger charge is 2.33. The first-order chi connectivity index (χ1) is 21.4. The molecule has 1 aromatic carbocycles. The first-order valence-electron chi connectivity index (χ1n) is 15.3. The number of nitrogens with zero attached hydrogens (tertiary/aromatic N) is 5. The molecule has 9 nitrogen and oxygen atoms in total. The number of hydrogen-bond donors (Lipinski definition) is 2. The maximum Gasteiger partial charge on any atom is 0.286 e. The number of nitrogens with one attached hydrogen (secondary N) is 1. The maximum atomic E-state index is 14.0. The summed E-state index contributed by atoms with van der Waals surface area (Å²) in [4.78, 5) is 15.7. The largest absolute Gasteiger partial charge is 0.293 e. The molecule has 3 fully saturated rings. The molecular formula is C31H36Cl2N6O3S2. The molecule has 6 rings (SSSR count). The van der Waals surface area contributed by atoms with Gasteiger partial charge in [0.1, 0.15) is 0 Å². The number of aromatic nitrogens is 2. The van der Waals surface area contributed by atoms with Crippen LogP contribution >= 0.6 is 34.5 Å². The minimum Gasteiger partial charge on any atom is -0.293 e. The first-order valence-corrected chi connectivity index (χ1v) is 17.9. The molecule has 2 saturated heterocycles. The molecule has 2 aliphatic heterocycles. The van der Waals surface area contributed by atoms with Gasteiger partial charge in [-0.3, -0.25) is 14.8 Å². The summed E-state index contributed by atoms with van der Waals surface area (Å²) in [6.07, 6.45) is 9.70. The molecule has 2 N–H and O–H groups in total. The fourth-order valence-corrected chi connectivity index (χ4v) is 8.17. The summed E-state index contributed by atoms with van der Waals surface area (Å²) in [5.41, 5.74) is 4.95. The standard InChI is InChI=1S/C31H36Cl2N6O3S2/c32-23-11-14-27(26(33)20-23)39-30(28-15-13-24(43-28)12-10-22-8-2-3-9-22)25(21-38(44(41)42)37-18-6-7-19-37)29(34-39)31(40)35-36-16-4-1-5-17-36/h11,13-15,20,22H,1-9,16-19,21H2,(H,35,40)(H,41,42). The molecule has 234 valence electrons. The minimum atomic E-state index is -2.31. The Labute approximate surface area is 274 Å². The summed E-state index contributed by atoms with van der Waals surface area (Å²) in [6.45, 7) is 2.84. The molecule has 4 heterocycles. The van der Waals surface area contributed by atoms with Crippen LogP contribution in [0.3, 0.4) is 0 Å². The summed E-state index contributed by atoms with van der Waals surface area (Å²) < 4.78 is 26.3. The van der Waals surface area contributed by atoms with E-state index in [0.717, 1.165) is 67.8 Å². The van der Waals surface area contributed by atoms with Crippen molar-refractivity contribution in [3.05, 3.63) is 56.5 Å². The van der Waals surface area contributed by atoms with Crippen molar-refractivity contribution in [2.75, 3.05) is 26.2 Å². The molecule has 0 radical (unpaired) electrons. The molecule has 1 saturated carbocycles. The van der Waals surface area contributed by atoms with Crippen molar-refractivity contribution in [3.8, 4) is 28.1 Å².